The number of carbonyl (C=O) groups excluding carboxylic acids is 1. The number of piperidine rings is 1. The van der Waals surface area contributed by atoms with E-state index in [0.717, 1.165) is 37.6 Å². The van der Waals surface area contributed by atoms with Crippen LogP contribution in [0.1, 0.15) is 31.7 Å². The van der Waals surface area contributed by atoms with Crippen LogP contribution in [0, 0.1) is 17.6 Å². The minimum Gasteiger partial charge on any atom is -0.342 e. The third kappa shape index (κ3) is 4.24. The first-order valence-corrected chi connectivity index (χ1v) is 7.44. The lowest BCUT2D eigenvalue weighted by Gasteiger charge is -2.34. The maximum atomic E-state index is 13.5. The quantitative estimate of drug-likeness (QED) is 0.928. The summed E-state index contributed by atoms with van der Waals surface area (Å²) >= 11 is 0. The van der Waals surface area contributed by atoms with Crippen LogP contribution in [0.2, 0.25) is 0 Å². The van der Waals surface area contributed by atoms with E-state index >= 15 is 0 Å². The van der Waals surface area contributed by atoms with Crippen LogP contribution in [0.15, 0.2) is 18.2 Å². The molecule has 1 fully saturated rings. The van der Waals surface area contributed by atoms with Crippen LogP contribution >= 0.6 is 0 Å². The van der Waals surface area contributed by atoms with Crippen molar-refractivity contribution in [2.45, 2.75) is 38.6 Å². The fraction of sp³-hybridized carbons (Fsp3) is 0.562. The molecule has 2 atom stereocenters. The first-order chi connectivity index (χ1) is 9.97. The number of hydrogen-bond donors (Lipinski definition) is 1. The van der Waals surface area contributed by atoms with Crippen molar-refractivity contribution in [1.29, 1.82) is 0 Å². The monoisotopic (exact) mass is 296 g/mol. The SMILES string of the molecule is C[C@H](N)[C@@H]1CCCN(C(=O)CCc2cc(F)ccc2F)C1. The molecule has 1 saturated heterocycles. The molecule has 0 unspecified atom stereocenters. The number of aryl methyl sites for hydroxylation is 1. The minimum atomic E-state index is -0.478. The topological polar surface area (TPSA) is 46.3 Å². The maximum Gasteiger partial charge on any atom is 0.222 e. The standard InChI is InChI=1S/C16H22F2N2O/c1-11(19)13-3-2-8-20(10-13)16(21)7-4-12-9-14(17)5-6-15(12)18/h5-6,9,11,13H,2-4,7-8,10,19H2,1H3/t11-,13+/m0/s1. The van der Waals surface area contributed by atoms with Gasteiger partial charge in [0.2, 0.25) is 5.91 Å². The van der Waals surface area contributed by atoms with Crippen molar-refractivity contribution < 1.29 is 13.6 Å². The molecule has 0 aliphatic carbocycles. The van der Waals surface area contributed by atoms with Gasteiger partial charge in [0.1, 0.15) is 11.6 Å². The number of rotatable bonds is 4. The van der Waals surface area contributed by atoms with Gasteiger partial charge in [0.15, 0.2) is 0 Å². The molecule has 1 aliphatic heterocycles. The molecule has 0 radical (unpaired) electrons. The number of benzene rings is 1. The Morgan fingerprint density at radius 1 is 1.48 bits per heavy atom. The predicted molar refractivity (Wildman–Crippen MR) is 77.6 cm³/mol. The molecule has 1 heterocycles. The Labute approximate surface area is 124 Å². The van der Waals surface area contributed by atoms with Crippen molar-refractivity contribution in [3.8, 4) is 0 Å². The van der Waals surface area contributed by atoms with Crippen molar-refractivity contribution >= 4 is 5.91 Å². The Morgan fingerprint density at radius 2 is 2.24 bits per heavy atom. The van der Waals surface area contributed by atoms with Gasteiger partial charge in [-0.1, -0.05) is 0 Å². The van der Waals surface area contributed by atoms with Gasteiger partial charge >= 0.3 is 0 Å². The molecule has 116 valence electrons. The Bertz CT molecular complexity index is 505. The summed E-state index contributed by atoms with van der Waals surface area (Å²) in [6, 6.07) is 3.41. The largest absolute Gasteiger partial charge is 0.342 e. The zero-order chi connectivity index (χ0) is 15.4. The fourth-order valence-electron chi connectivity index (χ4n) is 2.80. The van der Waals surface area contributed by atoms with Crippen LogP contribution in [0.4, 0.5) is 8.78 Å². The molecule has 2 rings (SSSR count). The highest BCUT2D eigenvalue weighted by Crippen LogP contribution is 2.20. The summed E-state index contributed by atoms with van der Waals surface area (Å²) in [6.45, 7) is 3.36. The van der Waals surface area contributed by atoms with Gasteiger partial charge < -0.3 is 10.6 Å². The van der Waals surface area contributed by atoms with E-state index in [-0.39, 0.29) is 30.4 Å². The molecular weight excluding hydrogens is 274 g/mol. The minimum absolute atomic E-state index is 0.0102. The van der Waals surface area contributed by atoms with Gasteiger partial charge in [-0.2, -0.15) is 0 Å². The highest BCUT2D eigenvalue weighted by atomic mass is 19.1. The van der Waals surface area contributed by atoms with Crippen LogP contribution < -0.4 is 5.73 Å². The summed E-state index contributed by atoms with van der Waals surface area (Å²) in [6.07, 6.45) is 2.42. The van der Waals surface area contributed by atoms with E-state index in [9.17, 15) is 13.6 Å². The van der Waals surface area contributed by atoms with Crippen LogP contribution in [0.3, 0.4) is 0 Å². The number of amides is 1. The normalized spacial score (nSPS) is 20.4. The highest BCUT2D eigenvalue weighted by molar-refractivity contribution is 5.76. The van der Waals surface area contributed by atoms with Gasteiger partial charge in [-0.05, 0) is 55.9 Å². The van der Waals surface area contributed by atoms with Gasteiger partial charge in [-0.15, -0.1) is 0 Å². The lowest BCUT2D eigenvalue weighted by Crippen LogP contribution is -2.45. The molecule has 1 amide bonds. The molecule has 1 aromatic rings. The summed E-state index contributed by atoms with van der Waals surface area (Å²) in [7, 11) is 0. The van der Waals surface area contributed by atoms with Crippen LogP contribution in [0.5, 0.6) is 0 Å². The second-order valence-corrected chi connectivity index (χ2v) is 5.84. The molecule has 0 aromatic heterocycles. The summed E-state index contributed by atoms with van der Waals surface area (Å²) in [5.74, 6) is -0.622. The number of carbonyl (C=O) groups is 1. The molecule has 1 aromatic carbocycles. The van der Waals surface area contributed by atoms with Crippen LogP contribution in [0.25, 0.3) is 0 Å². The van der Waals surface area contributed by atoms with Gasteiger partial charge in [0.05, 0.1) is 0 Å². The molecule has 2 N–H and O–H groups in total. The van der Waals surface area contributed by atoms with E-state index in [1.54, 1.807) is 4.90 Å². The molecule has 3 nitrogen and oxygen atoms in total. The average Bonchev–Trinajstić information content (AvgIpc) is 2.48. The highest BCUT2D eigenvalue weighted by Gasteiger charge is 2.25. The first-order valence-electron chi connectivity index (χ1n) is 7.44. The third-order valence-corrected chi connectivity index (χ3v) is 4.17. The lowest BCUT2D eigenvalue weighted by atomic mass is 9.92. The lowest BCUT2D eigenvalue weighted by molar-refractivity contribution is -0.133. The Kier molecular flexibility index (Phi) is 5.28. The van der Waals surface area contributed by atoms with E-state index < -0.39 is 11.6 Å². The van der Waals surface area contributed by atoms with E-state index in [2.05, 4.69) is 0 Å². The van der Waals surface area contributed by atoms with Crippen molar-refractivity contribution in [3.63, 3.8) is 0 Å². The zero-order valence-corrected chi connectivity index (χ0v) is 12.3. The molecule has 0 bridgehead atoms. The summed E-state index contributed by atoms with van der Waals surface area (Å²) < 4.78 is 26.6. The molecule has 0 saturated carbocycles. The number of hydrogen-bond acceptors (Lipinski definition) is 2. The van der Waals surface area contributed by atoms with E-state index in [4.69, 9.17) is 5.73 Å². The molecular formula is C16H22F2N2O. The summed E-state index contributed by atoms with van der Waals surface area (Å²) in [5.41, 5.74) is 6.16. The van der Waals surface area contributed by atoms with Gasteiger partial charge in [-0.25, -0.2) is 8.78 Å². The first kappa shape index (κ1) is 15.9. The average molecular weight is 296 g/mol. The number of nitrogens with zero attached hydrogens (tertiary/aromatic N) is 1. The van der Waals surface area contributed by atoms with E-state index in [0.29, 0.717) is 12.5 Å². The number of halogens is 2. The zero-order valence-electron chi connectivity index (χ0n) is 12.3. The Hall–Kier alpha value is -1.49. The van der Waals surface area contributed by atoms with Crippen molar-refractivity contribution in [3.05, 3.63) is 35.4 Å². The van der Waals surface area contributed by atoms with Crippen molar-refractivity contribution in [2.75, 3.05) is 13.1 Å². The fourth-order valence-corrected chi connectivity index (χ4v) is 2.80. The second kappa shape index (κ2) is 6.98. The Balaban J connectivity index is 1.91. The molecule has 0 spiro atoms. The predicted octanol–water partition coefficient (Wildman–Crippen LogP) is 2.48. The number of likely N-dealkylation sites (tertiary alicyclic amines) is 1. The molecule has 5 heteroatoms. The number of nitrogens with two attached hydrogens (primary N) is 1. The van der Waals surface area contributed by atoms with Crippen molar-refractivity contribution in [1.82, 2.24) is 4.90 Å². The van der Waals surface area contributed by atoms with Gasteiger partial charge in [0.25, 0.3) is 0 Å². The van der Waals surface area contributed by atoms with Crippen LogP contribution in [-0.4, -0.2) is 29.9 Å². The molecule has 1 aliphatic rings. The van der Waals surface area contributed by atoms with Crippen molar-refractivity contribution in [2.24, 2.45) is 11.7 Å². The van der Waals surface area contributed by atoms with Gasteiger partial charge in [-0.3, -0.25) is 4.79 Å². The summed E-state index contributed by atoms with van der Waals surface area (Å²) in [5, 5.41) is 0. The second-order valence-electron chi connectivity index (χ2n) is 5.84. The summed E-state index contributed by atoms with van der Waals surface area (Å²) in [4.78, 5) is 14.0. The van der Waals surface area contributed by atoms with Crippen LogP contribution in [-0.2, 0) is 11.2 Å². The van der Waals surface area contributed by atoms with E-state index in [1.807, 2.05) is 6.92 Å². The smallest absolute Gasteiger partial charge is 0.222 e. The Morgan fingerprint density at radius 3 is 2.95 bits per heavy atom. The third-order valence-electron chi connectivity index (χ3n) is 4.17. The van der Waals surface area contributed by atoms with E-state index in [1.165, 1.54) is 0 Å². The molecule has 21 heavy (non-hydrogen) atoms. The maximum absolute atomic E-state index is 13.5. The van der Waals surface area contributed by atoms with Gasteiger partial charge in [0, 0.05) is 25.6 Å².